The van der Waals surface area contributed by atoms with Gasteiger partial charge < -0.3 is 5.32 Å². The zero-order chi connectivity index (χ0) is 13.4. The van der Waals surface area contributed by atoms with Gasteiger partial charge in [-0.25, -0.2) is 4.79 Å². The number of nitrogens with zero attached hydrogens (tertiary/aromatic N) is 2. The number of hydrogen-bond acceptors (Lipinski definition) is 2. The van der Waals surface area contributed by atoms with Crippen LogP contribution in [-0.4, -0.2) is 21.9 Å². The molecule has 1 unspecified atom stereocenters. The molecule has 1 aromatic rings. The van der Waals surface area contributed by atoms with E-state index >= 15 is 0 Å². The average Bonchev–Trinajstić information content (AvgIpc) is 2.70. The maximum atomic E-state index is 11.6. The largest absolute Gasteiger partial charge is 0.335 e. The SMILES string of the molecule is CCCCCCC(C)NC(=O)Nc1ccn(C)n1. The van der Waals surface area contributed by atoms with Crippen LogP contribution in [0.5, 0.6) is 0 Å². The summed E-state index contributed by atoms with van der Waals surface area (Å²) < 4.78 is 1.66. The first kappa shape index (κ1) is 14.5. The average molecular weight is 252 g/mol. The smallest absolute Gasteiger partial charge is 0.320 e. The van der Waals surface area contributed by atoms with Crippen molar-refractivity contribution in [2.45, 2.75) is 52.0 Å². The Kier molecular flexibility index (Phi) is 6.25. The molecular weight excluding hydrogens is 228 g/mol. The third kappa shape index (κ3) is 5.70. The molecule has 5 nitrogen and oxygen atoms in total. The van der Waals surface area contributed by atoms with Gasteiger partial charge in [-0.1, -0.05) is 32.6 Å². The number of aromatic nitrogens is 2. The molecule has 1 atom stereocenters. The highest BCUT2D eigenvalue weighted by Crippen LogP contribution is 2.06. The van der Waals surface area contributed by atoms with Crippen LogP contribution in [0.4, 0.5) is 10.6 Å². The van der Waals surface area contributed by atoms with Crippen LogP contribution < -0.4 is 10.6 Å². The van der Waals surface area contributed by atoms with Crippen molar-refractivity contribution in [1.82, 2.24) is 15.1 Å². The van der Waals surface area contributed by atoms with Crippen molar-refractivity contribution < 1.29 is 4.79 Å². The number of rotatable bonds is 7. The highest BCUT2D eigenvalue weighted by Gasteiger charge is 2.08. The minimum atomic E-state index is -0.184. The molecule has 5 heteroatoms. The second-order valence-electron chi connectivity index (χ2n) is 4.72. The number of amides is 2. The minimum Gasteiger partial charge on any atom is -0.335 e. The van der Waals surface area contributed by atoms with Crippen LogP contribution in [0.15, 0.2) is 12.3 Å². The van der Waals surface area contributed by atoms with Crippen LogP contribution in [0.25, 0.3) is 0 Å². The molecular formula is C13H24N4O. The Morgan fingerprint density at radius 2 is 2.22 bits per heavy atom. The molecule has 0 aliphatic carbocycles. The lowest BCUT2D eigenvalue weighted by Crippen LogP contribution is -2.36. The third-order valence-electron chi connectivity index (χ3n) is 2.82. The van der Waals surface area contributed by atoms with E-state index in [1.54, 1.807) is 16.9 Å². The zero-order valence-corrected chi connectivity index (χ0v) is 11.6. The van der Waals surface area contributed by atoms with Gasteiger partial charge in [0.05, 0.1) is 0 Å². The van der Waals surface area contributed by atoms with Crippen LogP contribution in [0.2, 0.25) is 0 Å². The summed E-state index contributed by atoms with van der Waals surface area (Å²) in [6.07, 6.45) is 7.73. The second-order valence-corrected chi connectivity index (χ2v) is 4.72. The number of carbonyl (C=O) groups excluding carboxylic acids is 1. The topological polar surface area (TPSA) is 59.0 Å². The van der Waals surface area contributed by atoms with Gasteiger partial charge in [0.1, 0.15) is 0 Å². The molecule has 1 aromatic heterocycles. The first-order chi connectivity index (χ1) is 8.61. The first-order valence-electron chi connectivity index (χ1n) is 6.69. The molecule has 102 valence electrons. The number of aryl methyl sites for hydroxylation is 1. The molecule has 0 fully saturated rings. The Morgan fingerprint density at radius 3 is 2.83 bits per heavy atom. The molecule has 1 heterocycles. The van der Waals surface area contributed by atoms with Crippen molar-refractivity contribution in [2.24, 2.45) is 7.05 Å². The van der Waals surface area contributed by atoms with Gasteiger partial charge in [0.25, 0.3) is 0 Å². The van der Waals surface area contributed by atoms with E-state index in [1.165, 1.54) is 25.7 Å². The number of nitrogens with one attached hydrogen (secondary N) is 2. The molecule has 2 amide bonds. The van der Waals surface area contributed by atoms with E-state index < -0.39 is 0 Å². The van der Waals surface area contributed by atoms with Gasteiger partial charge in [-0.05, 0) is 13.3 Å². The number of unbranched alkanes of at least 4 members (excludes halogenated alkanes) is 3. The van der Waals surface area contributed by atoms with E-state index in [1.807, 2.05) is 14.0 Å². The number of anilines is 1. The Balaban J connectivity index is 2.19. The number of carbonyl (C=O) groups is 1. The van der Waals surface area contributed by atoms with E-state index in [-0.39, 0.29) is 12.1 Å². The summed E-state index contributed by atoms with van der Waals surface area (Å²) in [7, 11) is 1.82. The predicted molar refractivity (Wildman–Crippen MR) is 73.6 cm³/mol. The fourth-order valence-corrected chi connectivity index (χ4v) is 1.81. The van der Waals surface area contributed by atoms with Gasteiger partial charge in [0, 0.05) is 25.4 Å². The maximum absolute atomic E-state index is 11.6. The summed E-state index contributed by atoms with van der Waals surface area (Å²) in [5.41, 5.74) is 0. The molecule has 0 aromatic carbocycles. The predicted octanol–water partition coefficient (Wildman–Crippen LogP) is 2.90. The van der Waals surface area contributed by atoms with Crippen LogP contribution in [0.1, 0.15) is 46.0 Å². The van der Waals surface area contributed by atoms with Gasteiger partial charge in [-0.15, -0.1) is 0 Å². The molecule has 0 saturated heterocycles. The fraction of sp³-hybridized carbons (Fsp3) is 0.692. The van der Waals surface area contributed by atoms with Crippen molar-refractivity contribution in [3.8, 4) is 0 Å². The van der Waals surface area contributed by atoms with Gasteiger partial charge in [0.2, 0.25) is 0 Å². The summed E-state index contributed by atoms with van der Waals surface area (Å²) in [4.78, 5) is 11.6. The Hall–Kier alpha value is -1.52. The lowest BCUT2D eigenvalue weighted by molar-refractivity contribution is 0.248. The quantitative estimate of drug-likeness (QED) is 0.733. The standard InChI is InChI=1S/C13H24N4O/c1-4-5-6-7-8-11(2)14-13(18)15-12-9-10-17(3)16-12/h9-11H,4-8H2,1-3H3,(H2,14,15,16,18). The van der Waals surface area contributed by atoms with E-state index in [0.717, 1.165) is 6.42 Å². The van der Waals surface area contributed by atoms with E-state index in [2.05, 4.69) is 22.7 Å². The van der Waals surface area contributed by atoms with Crippen molar-refractivity contribution in [1.29, 1.82) is 0 Å². The summed E-state index contributed by atoms with van der Waals surface area (Å²) in [6.45, 7) is 4.23. The molecule has 0 radical (unpaired) electrons. The summed E-state index contributed by atoms with van der Waals surface area (Å²) in [5.74, 6) is 0.577. The van der Waals surface area contributed by atoms with Crippen molar-refractivity contribution in [2.75, 3.05) is 5.32 Å². The summed E-state index contributed by atoms with van der Waals surface area (Å²) in [5, 5.41) is 9.72. The first-order valence-corrected chi connectivity index (χ1v) is 6.69. The maximum Gasteiger partial charge on any atom is 0.320 e. The Labute approximate surface area is 109 Å². The molecule has 18 heavy (non-hydrogen) atoms. The van der Waals surface area contributed by atoms with E-state index in [4.69, 9.17) is 0 Å². The monoisotopic (exact) mass is 252 g/mol. The summed E-state index contributed by atoms with van der Waals surface area (Å²) >= 11 is 0. The molecule has 0 aliphatic heterocycles. The highest BCUT2D eigenvalue weighted by atomic mass is 16.2. The molecule has 1 rings (SSSR count). The van der Waals surface area contributed by atoms with Crippen molar-refractivity contribution in [3.05, 3.63) is 12.3 Å². The second kappa shape index (κ2) is 7.74. The normalized spacial score (nSPS) is 12.2. The van der Waals surface area contributed by atoms with E-state index in [0.29, 0.717) is 5.82 Å². The van der Waals surface area contributed by atoms with Crippen LogP contribution in [0, 0.1) is 0 Å². The molecule has 2 N–H and O–H groups in total. The third-order valence-corrected chi connectivity index (χ3v) is 2.82. The lowest BCUT2D eigenvalue weighted by Gasteiger charge is -2.13. The molecule has 0 bridgehead atoms. The number of hydrogen-bond donors (Lipinski definition) is 2. The highest BCUT2D eigenvalue weighted by molar-refractivity contribution is 5.88. The molecule has 0 saturated carbocycles. The Morgan fingerprint density at radius 1 is 1.44 bits per heavy atom. The van der Waals surface area contributed by atoms with E-state index in [9.17, 15) is 4.79 Å². The molecule has 0 aliphatic rings. The lowest BCUT2D eigenvalue weighted by atomic mass is 10.1. The minimum absolute atomic E-state index is 0.184. The molecule has 0 spiro atoms. The van der Waals surface area contributed by atoms with Crippen molar-refractivity contribution in [3.63, 3.8) is 0 Å². The van der Waals surface area contributed by atoms with Crippen LogP contribution >= 0.6 is 0 Å². The van der Waals surface area contributed by atoms with Crippen LogP contribution in [-0.2, 0) is 7.05 Å². The van der Waals surface area contributed by atoms with Gasteiger partial charge in [-0.2, -0.15) is 5.10 Å². The Bertz CT molecular complexity index is 362. The van der Waals surface area contributed by atoms with Crippen LogP contribution in [0.3, 0.4) is 0 Å². The number of urea groups is 1. The summed E-state index contributed by atoms with van der Waals surface area (Å²) in [6, 6.07) is 1.79. The zero-order valence-electron chi connectivity index (χ0n) is 11.6. The fourth-order valence-electron chi connectivity index (χ4n) is 1.81. The van der Waals surface area contributed by atoms with Crippen molar-refractivity contribution >= 4 is 11.8 Å². The van der Waals surface area contributed by atoms with Gasteiger partial charge in [0.15, 0.2) is 5.82 Å². The van der Waals surface area contributed by atoms with Gasteiger partial charge >= 0.3 is 6.03 Å². The van der Waals surface area contributed by atoms with Gasteiger partial charge in [-0.3, -0.25) is 10.00 Å².